The van der Waals surface area contributed by atoms with Crippen molar-refractivity contribution in [1.29, 1.82) is 0 Å². The van der Waals surface area contributed by atoms with E-state index in [0.717, 1.165) is 35.9 Å². The molecule has 8 heteroatoms. The summed E-state index contributed by atoms with van der Waals surface area (Å²) in [4.78, 5) is 17.3. The topological polar surface area (TPSA) is 67.2 Å². The molecule has 0 fully saturated rings. The molecule has 168 valence electrons. The van der Waals surface area contributed by atoms with Gasteiger partial charge in [-0.3, -0.25) is 10.1 Å². The number of rotatable bonds is 5. The van der Waals surface area contributed by atoms with E-state index in [9.17, 15) is 4.79 Å². The molecule has 0 bridgehead atoms. The second kappa shape index (κ2) is 10.5. The molecule has 0 unspecified atom stereocenters. The minimum atomic E-state index is -0.248. The van der Waals surface area contributed by atoms with Gasteiger partial charge in [0.25, 0.3) is 5.91 Å². The van der Waals surface area contributed by atoms with Gasteiger partial charge in [0.15, 0.2) is 10.7 Å². The molecule has 4 aromatic rings. The highest BCUT2D eigenvalue weighted by Crippen LogP contribution is 2.29. The Balaban J connectivity index is 1.50. The maximum Gasteiger partial charge on any atom is 0.258 e. The molecule has 1 atom stereocenters. The van der Waals surface area contributed by atoms with Crippen molar-refractivity contribution < 1.29 is 9.21 Å². The van der Waals surface area contributed by atoms with E-state index in [1.54, 1.807) is 0 Å². The largest absolute Gasteiger partial charge is 0.436 e. The quantitative estimate of drug-likeness (QED) is 0.171. The second-order valence-corrected chi connectivity index (χ2v) is 10.5. The van der Waals surface area contributed by atoms with E-state index >= 15 is 0 Å². The van der Waals surface area contributed by atoms with Gasteiger partial charge in [-0.25, -0.2) is 4.98 Å². The highest BCUT2D eigenvalue weighted by molar-refractivity contribution is 14.1. The fourth-order valence-electron chi connectivity index (χ4n) is 3.34. The predicted molar refractivity (Wildman–Crippen MR) is 154 cm³/mol. The first-order valence-electron chi connectivity index (χ1n) is 10.4. The van der Waals surface area contributed by atoms with E-state index in [0.29, 0.717) is 17.4 Å². The van der Waals surface area contributed by atoms with E-state index in [4.69, 9.17) is 16.6 Å². The normalized spacial score (nSPS) is 11.9. The lowest BCUT2D eigenvalue weighted by atomic mass is 9.98. The van der Waals surface area contributed by atoms with Crippen LogP contribution in [0.25, 0.3) is 22.6 Å². The zero-order valence-electron chi connectivity index (χ0n) is 18.0. The first-order valence-corrected chi connectivity index (χ1v) is 13.0. The molecule has 4 rings (SSSR count). The van der Waals surface area contributed by atoms with Gasteiger partial charge in [0.05, 0.1) is 5.56 Å². The number of carbonyl (C=O) groups is 1. The SMILES string of the molecule is CC[C@@H](C)c1ccc2oc(-c3cccc(NC(=S)NC(=O)c4cc(I)ccc4I)c3)nc2c1. The number of carbonyl (C=O) groups excluding carboxylic acids is 1. The van der Waals surface area contributed by atoms with Crippen molar-refractivity contribution >= 4 is 85.2 Å². The minimum Gasteiger partial charge on any atom is -0.436 e. The molecule has 0 radical (unpaired) electrons. The van der Waals surface area contributed by atoms with Gasteiger partial charge in [-0.2, -0.15) is 0 Å². The van der Waals surface area contributed by atoms with Gasteiger partial charge in [-0.05, 0) is 124 Å². The lowest BCUT2D eigenvalue weighted by molar-refractivity contribution is 0.0977. The Morgan fingerprint density at radius 2 is 1.94 bits per heavy atom. The Morgan fingerprint density at radius 3 is 2.73 bits per heavy atom. The van der Waals surface area contributed by atoms with Gasteiger partial charge in [0, 0.05) is 18.4 Å². The molecule has 1 aromatic heterocycles. The Labute approximate surface area is 225 Å². The van der Waals surface area contributed by atoms with Gasteiger partial charge in [0.2, 0.25) is 5.89 Å². The average Bonchev–Trinajstić information content (AvgIpc) is 3.23. The van der Waals surface area contributed by atoms with Crippen LogP contribution in [-0.4, -0.2) is 16.0 Å². The van der Waals surface area contributed by atoms with Gasteiger partial charge < -0.3 is 9.73 Å². The Hall–Kier alpha value is -2.05. The summed E-state index contributed by atoms with van der Waals surface area (Å²) in [6.45, 7) is 4.38. The lowest BCUT2D eigenvalue weighted by Gasteiger charge is -2.11. The summed E-state index contributed by atoms with van der Waals surface area (Å²) in [5.41, 5.74) is 4.99. The zero-order valence-corrected chi connectivity index (χ0v) is 23.1. The molecule has 2 N–H and O–H groups in total. The van der Waals surface area contributed by atoms with E-state index in [-0.39, 0.29) is 11.0 Å². The highest BCUT2D eigenvalue weighted by atomic mass is 127. The number of nitrogens with one attached hydrogen (secondary N) is 2. The predicted octanol–water partition coefficient (Wildman–Crippen LogP) is 7.34. The van der Waals surface area contributed by atoms with Gasteiger partial charge in [-0.15, -0.1) is 0 Å². The molecular formula is C25H21I2N3O2S. The Morgan fingerprint density at radius 1 is 1.12 bits per heavy atom. The third-order valence-electron chi connectivity index (χ3n) is 5.36. The van der Waals surface area contributed by atoms with E-state index in [2.05, 4.69) is 86.8 Å². The van der Waals surface area contributed by atoms with Crippen LogP contribution in [0.15, 0.2) is 65.1 Å². The van der Waals surface area contributed by atoms with Crippen LogP contribution in [0.4, 0.5) is 5.69 Å². The molecule has 0 saturated heterocycles. The van der Waals surface area contributed by atoms with E-state index in [1.807, 2.05) is 48.5 Å². The number of benzene rings is 3. The number of aromatic nitrogens is 1. The Kier molecular flexibility index (Phi) is 7.65. The van der Waals surface area contributed by atoms with Crippen LogP contribution >= 0.6 is 57.4 Å². The standard InChI is InChI=1S/C25H21I2N3O2S/c1-3-14(2)15-7-10-22-21(12-15)29-24(32-22)16-5-4-6-18(11-16)28-25(33)30-23(31)19-13-17(26)8-9-20(19)27/h4-14H,3H2,1-2H3,(H2,28,30,31,33)/t14-/m1/s1. The van der Waals surface area contributed by atoms with Crippen LogP contribution in [-0.2, 0) is 0 Å². The maximum atomic E-state index is 12.6. The van der Waals surface area contributed by atoms with E-state index in [1.165, 1.54) is 5.56 Å². The number of hydrogen-bond donors (Lipinski definition) is 2. The molecule has 33 heavy (non-hydrogen) atoms. The third-order valence-corrected chi connectivity index (χ3v) is 7.18. The third kappa shape index (κ3) is 5.72. The number of thiocarbonyl (C=S) groups is 1. The van der Waals surface area contributed by atoms with Crippen molar-refractivity contribution in [2.45, 2.75) is 26.2 Å². The van der Waals surface area contributed by atoms with Crippen LogP contribution in [0.5, 0.6) is 0 Å². The van der Waals surface area contributed by atoms with Crippen molar-refractivity contribution in [2.75, 3.05) is 5.32 Å². The molecule has 1 amide bonds. The van der Waals surface area contributed by atoms with Gasteiger partial charge >= 0.3 is 0 Å². The molecule has 0 aliphatic carbocycles. The van der Waals surface area contributed by atoms with Crippen molar-refractivity contribution in [3.05, 3.63) is 78.9 Å². The van der Waals surface area contributed by atoms with Crippen molar-refractivity contribution in [3.8, 4) is 11.5 Å². The second-order valence-electron chi connectivity index (χ2n) is 7.67. The monoisotopic (exact) mass is 681 g/mol. The first-order chi connectivity index (χ1) is 15.8. The number of amides is 1. The molecule has 0 aliphatic heterocycles. The molecule has 5 nitrogen and oxygen atoms in total. The van der Waals surface area contributed by atoms with Gasteiger partial charge in [-0.1, -0.05) is 26.0 Å². The lowest BCUT2D eigenvalue weighted by Crippen LogP contribution is -2.34. The number of oxazole rings is 1. The van der Waals surface area contributed by atoms with Crippen molar-refractivity contribution in [1.82, 2.24) is 10.3 Å². The molecule has 1 heterocycles. The molecular weight excluding hydrogens is 660 g/mol. The van der Waals surface area contributed by atoms with Crippen molar-refractivity contribution in [3.63, 3.8) is 0 Å². The number of nitrogens with zero attached hydrogens (tertiary/aromatic N) is 1. The first kappa shape index (κ1) is 24.1. The van der Waals surface area contributed by atoms with Crippen LogP contribution in [0.3, 0.4) is 0 Å². The average molecular weight is 681 g/mol. The molecule has 0 saturated carbocycles. The summed E-state index contributed by atoms with van der Waals surface area (Å²) in [6, 6.07) is 19.5. The highest BCUT2D eigenvalue weighted by Gasteiger charge is 2.14. The van der Waals surface area contributed by atoms with Crippen LogP contribution in [0, 0.1) is 7.14 Å². The van der Waals surface area contributed by atoms with Crippen molar-refractivity contribution in [2.24, 2.45) is 0 Å². The molecule has 0 spiro atoms. The number of fused-ring (bicyclic) bond motifs is 1. The fourth-order valence-corrected chi connectivity index (χ4v) is 4.63. The summed E-state index contributed by atoms with van der Waals surface area (Å²) in [5.74, 6) is 0.766. The van der Waals surface area contributed by atoms with Crippen LogP contribution in [0.1, 0.15) is 42.1 Å². The summed E-state index contributed by atoms with van der Waals surface area (Å²) in [6.07, 6.45) is 1.07. The maximum absolute atomic E-state index is 12.6. The summed E-state index contributed by atoms with van der Waals surface area (Å²) in [5, 5.41) is 6.05. The van der Waals surface area contributed by atoms with Gasteiger partial charge in [0.1, 0.15) is 5.52 Å². The zero-order chi connectivity index (χ0) is 23.5. The summed E-state index contributed by atoms with van der Waals surface area (Å²) in [7, 11) is 0. The molecule has 3 aromatic carbocycles. The Bertz CT molecular complexity index is 1350. The summed E-state index contributed by atoms with van der Waals surface area (Å²) >= 11 is 9.69. The minimum absolute atomic E-state index is 0.225. The molecule has 0 aliphatic rings. The smallest absolute Gasteiger partial charge is 0.258 e. The van der Waals surface area contributed by atoms with Crippen LogP contribution in [0.2, 0.25) is 0 Å². The van der Waals surface area contributed by atoms with E-state index < -0.39 is 0 Å². The number of halogens is 2. The van der Waals surface area contributed by atoms with Crippen LogP contribution < -0.4 is 10.6 Å². The number of anilines is 1. The number of hydrogen-bond acceptors (Lipinski definition) is 4. The summed E-state index contributed by atoms with van der Waals surface area (Å²) < 4.78 is 7.84. The fraction of sp³-hybridized carbons (Fsp3) is 0.160.